The monoisotopic (exact) mass is 251 g/mol. The largest absolute Gasteiger partial charge is 0.312 e. The molecule has 17 heavy (non-hydrogen) atoms. The summed E-state index contributed by atoms with van der Waals surface area (Å²) in [6.45, 7) is 1.81. The first-order valence-corrected chi connectivity index (χ1v) is 7.25. The van der Waals surface area contributed by atoms with E-state index in [9.17, 15) is 8.42 Å². The molecule has 1 N–H and O–H groups in total. The Morgan fingerprint density at radius 2 is 1.88 bits per heavy atom. The van der Waals surface area contributed by atoms with Crippen LogP contribution in [0.1, 0.15) is 24.9 Å². The Bertz CT molecular complexity index is 521. The molecule has 4 heteroatoms. The summed E-state index contributed by atoms with van der Waals surface area (Å²) in [4.78, 5) is 0.345. The Morgan fingerprint density at radius 1 is 1.29 bits per heavy atom. The lowest BCUT2D eigenvalue weighted by molar-refractivity contribution is 0.600. The number of hydrogen-bond acceptors (Lipinski definition) is 3. The second kappa shape index (κ2) is 5.85. The number of nitrogens with one attached hydrogen (secondary N) is 1. The quantitative estimate of drug-likeness (QED) is 0.829. The van der Waals surface area contributed by atoms with Gasteiger partial charge in [-0.3, -0.25) is 0 Å². The average molecular weight is 251 g/mol. The second-order valence-corrected chi connectivity index (χ2v) is 5.83. The molecule has 0 heterocycles. The Balaban J connectivity index is 2.95. The molecule has 1 aromatic rings. The molecule has 0 spiro atoms. The van der Waals surface area contributed by atoms with Crippen LogP contribution in [-0.4, -0.2) is 21.7 Å². The topological polar surface area (TPSA) is 46.2 Å². The fraction of sp³-hybridized carbons (Fsp3) is 0.385. The summed E-state index contributed by atoms with van der Waals surface area (Å²) in [5.74, 6) is 5.86. The van der Waals surface area contributed by atoms with Gasteiger partial charge in [-0.2, -0.15) is 0 Å². The minimum absolute atomic E-state index is 0.135. The van der Waals surface area contributed by atoms with Crippen LogP contribution in [0.2, 0.25) is 0 Å². The fourth-order valence-corrected chi connectivity index (χ4v) is 2.17. The first kappa shape index (κ1) is 13.8. The van der Waals surface area contributed by atoms with Gasteiger partial charge in [0.05, 0.1) is 4.90 Å². The fourth-order valence-electron chi connectivity index (χ4n) is 1.54. The summed E-state index contributed by atoms with van der Waals surface area (Å²) in [6, 6.07) is 7.06. The lowest BCUT2D eigenvalue weighted by Crippen LogP contribution is -2.15. The van der Waals surface area contributed by atoms with Crippen molar-refractivity contribution in [2.75, 3.05) is 13.3 Å². The molecule has 0 aliphatic carbocycles. The van der Waals surface area contributed by atoms with Crippen LogP contribution < -0.4 is 5.32 Å². The molecular weight excluding hydrogens is 234 g/mol. The van der Waals surface area contributed by atoms with Crippen molar-refractivity contribution < 1.29 is 8.42 Å². The van der Waals surface area contributed by atoms with Crippen molar-refractivity contribution in [3.05, 3.63) is 29.8 Å². The van der Waals surface area contributed by atoms with Gasteiger partial charge in [0.25, 0.3) is 0 Å². The summed E-state index contributed by atoms with van der Waals surface area (Å²) in [5, 5.41) is 3.16. The highest BCUT2D eigenvalue weighted by atomic mass is 32.2. The minimum atomic E-state index is -3.12. The minimum Gasteiger partial charge on any atom is -0.312 e. The van der Waals surface area contributed by atoms with Gasteiger partial charge in [0, 0.05) is 18.7 Å². The Morgan fingerprint density at radius 3 is 2.29 bits per heavy atom. The normalized spacial score (nSPS) is 12.6. The summed E-state index contributed by atoms with van der Waals surface area (Å²) in [5.41, 5.74) is 1.04. The van der Waals surface area contributed by atoms with Crippen LogP contribution in [0.25, 0.3) is 0 Å². The van der Waals surface area contributed by atoms with E-state index in [1.807, 2.05) is 19.2 Å². The van der Waals surface area contributed by atoms with E-state index in [-0.39, 0.29) is 6.04 Å². The third-order valence-corrected chi connectivity index (χ3v) is 3.67. The van der Waals surface area contributed by atoms with Gasteiger partial charge in [-0.05, 0) is 31.7 Å². The molecular formula is C13H17NO2S. The van der Waals surface area contributed by atoms with Crippen LogP contribution in [0.15, 0.2) is 29.2 Å². The van der Waals surface area contributed by atoms with Crippen LogP contribution in [0.3, 0.4) is 0 Å². The third-order valence-electron chi connectivity index (χ3n) is 2.54. The van der Waals surface area contributed by atoms with Gasteiger partial charge in [-0.15, -0.1) is 11.8 Å². The van der Waals surface area contributed by atoms with E-state index in [0.29, 0.717) is 11.3 Å². The zero-order chi connectivity index (χ0) is 12.9. The van der Waals surface area contributed by atoms with Crippen molar-refractivity contribution in [1.29, 1.82) is 0 Å². The first-order valence-electron chi connectivity index (χ1n) is 5.36. The zero-order valence-corrected chi connectivity index (χ0v) is 11.1. The molecule has 0 saturated carbocycles. The standard InChI is InChI=1S/C13H17NO2S/c1-4-5-6-13(14-2)11-7-9-12(10-8-11)17(3,15)16/h7-10,13-14H,6H2,1-3H3. The maximum atomic E-state index is 11.3. The Kier molecular flexibility index (Phi) is 4.73. The molecule has 1 rings (SSSR count). The predicted octanol–water partition coefficient (Wildman–Crippen LogP) is 1.76. The third kappa shape index (κ3) is 3.88. The summed E-state index contributed by atoms with van der Waals surface area (Å²) in [7, 11) is -1.25. The van der Waals surface area contributed by atoms with E-state index in [0.717, 1.165) is 5.56 Å². The van der Waals surface area contributed by atoms with Gasteiger partial charge < -0.3 is 5.32 Å². The number of hydrogen-bond donors (Lipinski definition) is 1. The smallest absolute Gasteiger partial charge is 0.175 e. The molecule has 1 unspecified atom stereocenters. The highest BCUT2D eigenvalue weighted by Gasteiger charge is 2.10. The van der Waals surface area contributed by atoms with Crippen LogP contribution in [0, 0.1) is 11.8 Å². The Labute approximate surface area is 103 Å². The van der Waals surface area contributed by atoms with Gasteiger partial charge in [0.2, 0.25) is 0 Å². The zero-order valence-electron chi connectivity index (χ0n) is 10.3. The number of sulfone groups is 1. The molecule has 0 aliphatic rings. The van der Waals surface area contributed by atoms with Crippen molar-refractivity contribution in [3.8, 4) is 11.8 Å². The van der Waals surface area contributed by atoms with E-state index in [1.165, 1.54) is 6.26 Å². The molecule has 92 valence electrons. The summed E-state index contributed by atoms with van der Waals surface area (Å²) in [6.07, 6.45) is 1.92. The lowest BCUT2D eigenvalue weighted by atomic mass is 10.0. The molecule has 0 saturated heterocycles. The first-order chi connectivity index (χ1) is 7.99. The van der Waals surface area contributed by atoms with E-state index in [1.54, 1.807) is 19.1 Å². The molecule has 0 aromatic heterocycles. The highest BCUT2D eigenvalue weighted by Crippen LogP contribution is 2.18. The van der Waals surface area contributed by atoms with Crippen molar-refractivity contribution in [1.82, 2.24) is 5.32 Å². The maximum absolute atomic E-state index is 11.3. The second-order valence-electron chi connectivity index (χ2n) is 3.81. The molecule has 0 radical (unpaired) electrons. The molecule has 0 amide bonds. The molecule has 3 nitrogen and oxygen atoms in total. The molecule has 1 aromatic carbocycles. The summed E-state index contributed by atoms with van der Waals surface area (Å²) >= 11 is 0. The van der Waals surface area contributed by atoms with E-state index < -0.39 is 9.84 Å². The van der Waals surface area contributed by atoms with Crippen molar-refractivity contribution >= 4 is 9.84 Å². The van der Waals surface area contributed by atoms with Crippen LogP contribution in [0.4, 0.5) is 0 Å². The SMILES string of the molecule is CC#CCC(NC)c1ccc(S(C)(=O)=O)cc1. The number of rotatable bonds is 4. The lowest BCUT2D eigenvalue weighted by Gasteiger charge is -2.13. The number of benzene rings is 1. The highest BCUT2D eigenvalue weighted by molar-refractivity contribution is 7.90. The van der Waals surface area contributed by atoms with Gasteiger partial charge in [0.1, 0.15) is 0 Å². The Hall–Kier alpha value is -1.31. The molecule has 0 bridgehead atoms. The van der Waals surface area contributed by atoms with Crippen LogP contribution >= 0.6 is 0 Å². The molecule has 1 atom stereocenters. The van der Waals surface area contributed by atoms with Gasteiger partial charge >= 0.3 is 0 Å². The van der Waals surface area contributed by atoms with Crippen molar-refractivity contribution in [2.24, 2.45) is 0 Å². The van der Waals surface area contributed by atoms with E-state index in [2.05, 4.69) is 17.2 Å². The molecule has 0 fully saturated rings. The molecule has 0 aliphatic heterocycles. The van der Waals surface area contributed by atoms with Gasteiger partial charge in [-0.25, -0.2) is 8.42 Å². The van der Waals surface area contributed by atoms with Gasteiger partial charge in [0.15, 0.2) is 9.84 Å². The maximum Gasteiger partial charge on any atom is 0.175 e. The van der Waals surface area contributed by atoms with Crippen LogP contribution in [-0.2, 0) is 9.84 Å². The van der Waals surface area contributed by atoms with E-state index in [4.69, 9.17) is 0 Å². The van der Waals surface area contributed by atoms with Crippen molar-refractivity contribution in [2.45, 2.75) is 24.3 Å². The van der Waals surface area contributed by atoms with E-state index >= 15 is 0 Å². The van der Waals surface area contributed by atoms with Gasteiger partial charge in [-0.1, -0.05) is 12.1 Å². The summed E-state index contributed by atoms with van der Waals surface area (Å²) < 4.78 is 22.6. The van der Waals surface area contributed by atoms with Crippen LogP contribution in [0.5, 0.6) is 0 Å². The average Bonchev–Trinajstić information content (AvgIpc) is 2.29. The van der Waals surface area contributed by atoms with Crippen molar-refractivity contribution in [3.63, 3.8) is 0 Å². The predicted molar refractivity (Wildman–Crippen MR) is 69.4 cm³/mol.